The van der Waals surface area contributed by atoms with Crippen LogP contribution in [0.2, 0.25) is 0 Å². The number of unbranched alkanes of at least 4 members (excludes halogenated alkanes) is 18. The average molecular weight is 586 g/mol. The first-order valence-electron chi connectivity index (χ1n) is 18.4. The van der Waals surface area contributed by atoms with Gasteiger partial charge in [-0.2, -0.15) is 0 Å². The van der Waals surface area contributed by atoms with Gasteiger partial charge in [0.15, 0.2) is 0 Å². The van der Waals surface area contributed by atoms with Crippen molar-refractivity contribution in [3.05, 3.63) is 55.5 Å². The predicted molar refractivity (Wildman–Crippen MR) is 189 cm³/mol. The van der Waals surface area contributed by atoms with Gasteiger partial charge in [-0.15, -0.1) is 0 Å². The third-order valence-corrected chi connectivity index (χ3v) is 7.81. The summed E-state index contributed by atoms with van der Waals surface area (Å²) in [6.07, 6.45) is 50.4. The van der Waals surface area contributed by atoms with E-state index in [-0.39, 0.29) is 6.10 Å². The Labute approximate surface area is 264 Å². The van der Waals surface area contributed by atoms with Gasteiger partial charge < -0.3 is 9.47 Å². The van der Waals surface area contributed by atoms with Gasteiger partial charge in [-0.3, -0.25) is 0 Å². The van der Waals surface area contributed by atoms with Crippen LogP contribution in [-0.4, -0.2) is 25.9 Å². The van der Waals surface area contributed by atoms with E-state index < -0.39 is 0 Å². The van der Waals surface area contributed by atoms with Crippen LogP contribution < -0.4 is 0 Å². The summed E-state index contributed by atoms with van der Waals surface area (Å²) in [4.78, 5) is 0. The fourth-order valence-corrected chi connectivity index (χ4v) is 4.96. The van der Waals surface area contributed by atoms with Crippen molar-refractivity contribution in [3.8, 4) is 0 Å². The van der Waals surface area contributed by atoms with E-state index in [1.165, 1.54) is 135 Å². The molecular formula is C40H73O2. The molecule has 0 heterocycles. The van der Waals surface area contributed by atoms with Crippen molar-refractivity contribution in [1.82, 2.24) is 0 Å². The number of ether oxygens (including phenoxy) is 2. The Morgan fingerprint density at radius 3 is 1.26 bits per heavy atom. The van der Waals surface area contributed by atoms with Gasteiger partial charge in [0, 0.05) is 13.2 Å². The molecule has 0 N–H and O–H groups in total. The molecular weight excluding hydrogens is 512 g/mol. The van der Waals surface area contributed by atoms with Crippen molar-refractivity contribution in [1.29, 1.82) is 0 Å². The second kappa shape index (κ2) is 37.9. The highest BCUT2D eigenvalue weighted by Crippen LogP contribution is 2.11. The maximum Gasteiger partial charge on any atom is 0.0808 e. The SMILES string of the molecule is [CH2]CC(COCCCCCCCC/C=C\C/C=C\CCCCC)OCCCCCCCC/C=C\C/C=C\CCCCC. The molecule has 0 amide bonds. The van der Waals surface area contributed by atoms with Crippen LogP contribution in [0.1, 0.15) is 174 Å². The normalized spacial score (nSPS) is 13.1. The third-order valence-electron chi connectivity index (χ3n) is 7.81. The van der Waals surface area contributed by atoms with E-state index in [9.17, 15) is 0 Å². The van der Waals surface area contributed by atoms with Gasteiger partial charge in [0.1, 0.15) is 0 Å². The molecule has 0 saturated carbocycles. The van der Waals surface area contributed by atoms with Crippen molar-refractivity contribution in [2.75, 3.05) is 19.8 Å². The van der Waals surface area contributed by atoms with Gasteiger partial charge in [0.25, 0.3) is 0 Å². The average Bonchev–Trinajstić information content (AvgIpc) is 3.00. The monoisotopic (exact) mass is 586 g/mol. The summed E-state index contributed by atoms with van der Waals surface area (Å²) < 4.78 is 11.9. The summed E-state index contributed by atoms with van der Waals surface area (Å²) in [5.41, 5.74) is 0. The lowest BCUT2D eigenvalue weighted by molar-refractivity contribution is -0.0171. The molecule has 0 rings (SSSR count). The van der Waals surface area contributed by atoms with Gasteiger partial charge in [-0.1, -0.05) is 146 Å². The summed E-state index contributed by atoms with van der Waals surface area (Å²) >= 11 is 0. The molecule has 0 fully saturated rings. The second-order valence-corrected chi connectivity index (χ2v) is 12.0. The Bertz CT molecular complexity index is 603. The van der Waals surface area contributed by atoms with Gasteiger partial charge in [0.05, 0.1) is 12.7 Å². The molecule has 0 aromatic carbocycles. The van der Waals surface area contributed by atoms with Crippen LogP contribution in [0.5, 0.6) is 0 Å². The smallest absolute Gasteiger partial charge is 0.0808 e. The van der Waals surface area contributed by atoms with E-state index >= 15 is 0 Å². The van der Waals surface area contributed by atoms with Crippen LogP contribution in [0.25, 0.3) is 0 Å². The summed E-state index contributed by atoms with van der Waals surface area (Å²) in [7, 11) is 0. The summed E-state index contributed by atoms with van der Waals surface area (Å²) in [5, 5.41) is 0. The van der Waals surface area contributed by atoms with Crippen LogP contribution in [-0.2, 0) is 9.47 Å². The first-order valence-corrected chi connectivity index (χ1v) is 18.4. The fourth-order valence-electron chi connectivity index (χ4n) is 4.96. The lowest BCUT2D eigenvalue weighted by Crippen LogP contribution is -2.20. The van der Waals surface area contributed by atoms with E-state index in [1.807, 2.05) is 0 Å². The van der Waals surface area contributed by atoms with Crippen LogP contribution in [0.4, 0.5) is 0 Å². The molecule has 0 saturated heterocycles. The predicted octanol–water partition coefficient (Wildman–Crippen LogP) is 13.2. The van der Waals surface area contributed by atoms with E-state index in [0.29, 0.717) is 6.61 Å². The molecule has 42 heavy (non-hydrogen) atoms. The van der Waals surface area contributed by atoms with Crippen LogP contribution in [0.3, 0.4) is 0 Å². The molecule has 0 bridgehead atoms. The highest BCUT2D eigenvalue weighted by atomic mass is 16.5. The zero-order valence-electron chi connectivity index (χ0n) is 28.5. The fraction of sp³-hybridized carbons (Fsp3) is 0.775. The molecule has 2 heteroatoms. The Hall–Kier alpha value is -1.12. The summed E-state index contributed by atoms with van der Waals surface area (Å²) in [6.45, 7) is 11.0. The third kappa shape index (κ3) is 35.1. The molecule has 0 aliphatic heterocycles. The molecule has 0 aromatic heterocycles. The van der Waals surface area contributed by atoms with Gasteiger partial charge in [-0.05, 0) is 83.5 Å². The molecule has 0 aliphatic carbocycles. The quantitative estimate of drug-likeness (QED) is 0.0552. The number of allylic oxidation sites excluding steroid dienone is 8. The Balaban J connectivity index is 3.38. The number of rotatable bonds is 34. The lowest BCUT2D eigenvalue weighted by Gasteiger charge is -2.16. The van der Waals surface area contributed by atoms with Crippen molar-refractivity contribution < 1.29 is 9.47 Å². The minimum atomic E-state index is 0.160. The van der Waals surface area contributed by atoms with Gasteiger partial charge in [-0.25, -0.2) is 0 Å². The van der Waals surface area contributed by atoms with E-state index in [0.717, 1.165) is 38.9 Å². The molecule has 0 spiro atoms. The Morgan fingerprint density at radius 2 is 0.833 bits per heavy atom. The topological polar surface area (TPSA) is 18.5 Å². The van der Waals surface area contributed by atoms with Gasteiger partial charge >= 0.3 is 0 Å². The van der Waals surface area contributed by atoms with Crippen LogP contribution in [0, 0.1) is 6.92 Å². The van der Waals surface area contributed by atoms with Crippen molar-refractivity contribution in [2.24, 2.45) is 0 Å². The summed E-state index contributed by atoms with van der Waals surface area (Å²) in [6, 6.07) is 0. The van der Waals surface area contributed by atoms with E-state index in [4.69, 9.17) is 9.47 Å². The molecule has 1 unspecified atom stereocenters. The standard InChI is InChI=1S/C40H73O2/c1-4-7-9-11-13-15-17-19-21-23-25-27-29-31-33-35-37-41-39-40(6-3)42-38-36-34-32-30-28-26-24-22-20-18-16-14-12-10-8-5-2/h13-16,19-22,40H,3-12,17-18,23-39H2,1-2H3/b15-13-,16-14-,21-19-,22-20-. The first kappa shape index (κ1) is 40.9. The molecule has 245 valence electrons. The minimum Gasteiger partial charge on any atom is -0.379 e. The maximum atomic E-state index is 6.03. The van der Waals surface area contributed by atoms with Crippen molar-refractivity contribution >= 4 is 0 Å². The van der Waals surface area contributed by atoms with E-state index in [2.05, 4.69) is 69.4 Å². The van der Waals surface area contributed by atoms with Crippen LogP contribution in [0.15, 0.2) is 48.6 Å². The molecule has 1 radical (unpaired) electrons. The van der Waals surface area contributed by atoms with Crippen LogP contribution >= 0.6 is 0 Å². The lowest BCUT2D eigenvalue weighted by atomic mass is 10.1. The second-order valence-electron chi connectivity index (χ2n) is 12.0. The zero-order chi connectivity index (χ0) is 30.4. The molecule has 0 aromatic rings. The molecule has 1 atom stereocenters. The molecule has 0 aliphatic rings. The maximum absolute atomic E-state index is 6.03. The van der Waals surface area contributed by atoms with Crippen molar-refractivity contribution in [2.45, 2.75) is 180 Å². The number of hydrogen-bond acceptors (Lipinski definition) is 2. The highest BCUT2D eigenvalue weighted by Gasteiger charge is 2.06. The number of hydrogen-bond donors (Lipinski definition) is 0. The van der Waals surface area contributed by atoms with Crippen molar-refractivity contribution in [3.63, 3.8) is 0 Å². The summed E-state index contributed by atoms with van der Waals surface area (Å²) in [5.74, 6) is 0. The van der Waals surface area contributed by atoms with Gasteiger partial charge in [0.2, 0.25) is 0 Å². The molecule has 2 nitrogen and oxygen atoms in total. The zero-order valence-corrected chi connectivity index (χ0v) is 28.5. The first-order chi connectivity index (χ1) is 20.8. The Kier molecular flexibility index (Phi) is 36.9. The minimum absolute atomic E-state index is 0.160. The largest absolute Gasteiger partial charge is 0.379 e. The Morgan fingerprint density at radius 1 is 0.452 bits per heavy atom. The highest BCUT2D eigenvalue weighted by molar-refractivity contribution is 4.93. The van der Waals surface area contributed by atoms with E-state index in [1.54, 1.807) is 0 Å².